The zero-order valence-electron chi connectivity index (χ0n) is 14.2. The summed E-state index contributed by atoms with van der Waals surface area (Å²) in [5, 5.41) is 2.61. The number of carbonyl (C=O) groups excluding carboxylic acids is 1. The van der Waals surface area contributed by atoms with Crippen LogP contribution in [0.3, 0.4) is 0 Å². The summed E-state index contributed by atoms with van der Waals surface area (Å²) in [4.78, 5) is 17.2. The lowest BCUT2D eigenvalue weighted by atomic mass is 10.2. The van der Waals surface area contributed by atoms with Gasteiger partial charge in [-0.3, -0.25) is 14.8 Å². The van der Waals surface area contributed by atoms with Gasteiger partial charge in [0.05, 0.1) is 6.26 Å². The highest BCUT2D eigenvalue weighted by atomic mass is 35.5. The second-order valence-corrected chi connectivity index (χ2v) is 6.70. The van der Waals surface area contributed by atoms with E-state index in [0.717, 1.165) is 31.6 Å². The Bertz CT molecular complexity index is 881. The third-order valence-electron chi connectivity index (χ3n) is 4.40. The minimum Gasteiger partial charge on any atom is -0.461 e. The molecule has 1 aromatic carbocycles. The lowest BCUT2D eigenvalue weighted by molar-refractivity contribution is 0.0745. The van der Waals surface area contributed by atoms with Crippen LogP contribution >= 0.6 is 11.6 Å². The Balaban J connectivity index is 1.66. The van der Waals surface area contributed by atoms with Gasteiger partial charge in [0.25, 0.3) is 5.91 Å². The zero-order chi connectivity index (χ0) is 17.9. The topological polar surface area (TPSA) is 63.3 Å². The molecule has 1 aliphatic rings. The fourth-order valence-electron chi connectivity index (χ4n) is 3.07. The number of carbonyl (C=O) groups is 1. The van der Waals surface area contributed by atoms with Crippen LogP contribution in [0, 0.1) is 0 Å². The van der Waals surface area contributed by atoms with E-state index in [1.54, 1.807) is 30.7 Å². The summed E-state index contributed by atoms with van der Waals surface area (Å²) in [5.41, 5.74) is 4.14. The van der Waals surface area contributed by atoms with Crippen LogP contribution in [0.2, 0.25) is 5.02 Å². The number of halogens is 1. The summed E-state index contributed by atoms with van der Waals surface area (Å²) in [6.07, 6.45) is 6.71. The Morgan fingerprint density at radius 2 is 1.88 bits per heavy atom. The molecule has 0 atom stereocenters. The molecule has 0 bridgehead atoms. The van der Waals surface area contributed by atoms with E-state index >= 15 is 0 Å². The number of piperidine rings is 1. The zero-order valence-corrected chi connectivity index (χ0v) is 14.9. The molecule has 4 rings (SSSR count). The summed E-state index contributed by atoms with van der Waals surface area (Å²) in [6, 6.07) is 11.0. The van der Waals surface area contributed by atoms with Crippen molar-refractivity contribution in [3.8, 4) is 17.3 Å². The fourth-order valence-corrected chi connectivity index (χ4v) is 3.20. The van der Waals surface area contributed by atoms with E-state index in [1.807, 2.05) is 27.8 Å². The SMILES string of the molecule is O=C(NN1CCCCC1)c1cn(-c2ccc(Cl)cc2)c(-c2ccco2)n1. The van der Waals surface area contributed by atoms with Crippen molar-refractivity contribution in [2.45, 2.75) is 19.3 Å². The van der Waals surface area contributed by atoms with Gasteiger partial charge in [-0.1, -0.05) is 18.0 Å². The van der Waals surface area contributed by atoms with Crippen LogP contribution < -0.4 is 5.43 Å². The molecule has 1 amide bonds. The van der Waals surface area contributed by atoms with E-state index in [1.165, 1.54) is 6.42 Å². The number of imidazole rings is 1. The van der Waals surface area contributed by atoms with Crippen LogP contribution in [0.5, 0.6) is 0 Å². The fraction of sp³-hybridized carbons (Fsp3) is 0.263. The molecule has 0 saturated carbocycles. The summed E-state index contributed by atoms with van der Waals surface area (Å²) >= 11 is 5.99. The number of nitrogens with one attached hydrogen (secondary N) is 1. The number of aromatic nitrogens is 2. The van der Waals surface area contributed by atoms with E-state index < -0.39 is 0 Å². The van der Waals surface area contributed by atoms with Crippen LogP contribution in [0.4, 0.5) is 0 Å². The molecule has 0 unspecified atom stereocenters. The smallest absolute Gasteiger partial charge is 0.285 e. The predicted molar refractivity (Wildman–Crippen MR) is 99.2 cm³/mol. The highest BCUT2D eigenvalue weighted by molar-refractivity contribution is 6.30. The van der Waals surface area contributed by atoms with Gasteiger partial charge in [-0.25, -0.2) is 9.99 Å². The molecule has 26 heavy (non-hydrogen) atoms. The monoisotopic (exact) mass is 370 g/mol. The van der Waals surface area contributed by atoms with Gasteiger partial charge in [0.15, 0.2) is 11.6 Å². The van der Waals surface area contributed by atoms with Gasteiger partial charge >= 0.3 is 0 Å². The van der Waals surface area contributed by atoms with E-state index in [2.05, 4.69) is 10.4 Å². The standard InChI is InChI=1S/C19H19ClN4O2/c20-14-6-8-15(9-7-14)24-13-16(21-18(24)17-5-4-12-26-17)19(25)22-23-10-2-1-3-11-23/h4-9,12-13H,1-3,10-11H2,(H,22,25). The van der Waals surface area contributed by atoms with Crippen LogP contribution in [0.1, 0.15) is 29.8 Å². The van der Waals surface area contributed by atoms with Gasteiger partial charge < -0.3 is 4.42 Å². The number of nitrogens with zero attached hydrogens (tertiary/aromatic N) is 3. The molecule has 0 radical (unpaired) electrons. The first-order valence-corrected chi connectivity index (χ1v) is 9.03. The minimum atomic E-state index is -0.215. The number of hydrogen-bond donors (Lipinski definition) is 1. The maximum absolute atomic E-state index is 12.7. The van der Waals surface area contributed by atoms with E-state index in [4.69, 9.17) is 16.0 Å². The molecule has 3 aromatic rings. The Kier molecular flexibility index (Phi) is 4.77. The van der Waals surface area contributed by atoms with Crippen molar-refractivity contribution >= 4 is 17.5 Å². The first-order valence-electron chi connectivity index (χ1n) is 8.66. The Labute approximate surface area is 156 Å². The number of benzene rings is 1. The molecule has 1 saturated heterocycles. The molecule has 6 nitrogen and oxygen atoms in total. The second kappa shape index (κ2) is 7.35. The highest BCUT2D eigenvalue weighted by Crippen LogP contribution is 2.24. The van der Waals surface area contributed by atoms with E-state index in [0.29, 0.717) is 22.3 Å². The quantitative estimate of drug-likeness (QED) is 0.756. The van der Waals surface area contributed by atoms with Crippen LogP contribution in [0.15, 0.2) is 53.3 Å². The molecule has 2 aromatic heterocycles. The van der Waals surface area contributed by atoms with Crippen molar-refractivity contribution in [2.24, 2.45) is 0 Å². The van der Waals surface area contributed by atoms with Gasteiger partial charge in [-0.15, -0.1) is 0 Å². The van der Waals surface area contributed by atoms with Crippen molar-refractivity contribution in [1.82, 2.24) is 20.0 Å². The van der Waals surface area contributed by atoms with Gasteiger partial charge in [-0.05, 0) is 49.2 Å². The van der Waals surface area contributed by atoms with E-state index in [9.17, 15) is 4.79 Å². The third-order valence-corrected chi connectivity index (χ3v) is 4.65. The average Bonchev–Trinajstić information content (AvgIpc) is 3.33. The van der Waals surface area contributed by atoms with Crippen molar-refractivity contribution in [3.63, 3.8) is 0 Å². The molecular weight excluding hydrogens is 352 g/mol. The minimum absolute atomic E-state index is 0.215. The van der Waals surface area contributed by atoms with Gasteiger partial charge in [0.1, 0.15) is 5.69 Å². The van der Waals surface area contributed by atoms with Gasteiger partial charge in [-0.2, -0.15) is 0 Å². The Hall–Kier alpha value is -2.57. The molecule has 1 aliphatic heterocycles. The lowest BCUT2D eigenvalue weighted by Crippen LogP contribution is -2.45. The first kappa shape index (κ1) is 16.9. The molecule has 1 fully saturated rings. The molecule has 0 aliphatic carbocycles. The van der Waals surface area contributed by atoms with Gasteiger partial charge in [0, 0.05) is 30.0 Å². The molecule has 7 heteroatoms. The van der Waals surface area contributed by atoms with Gasteiger partial charge in [0.2, 0.25) is 0 Å². The van der Waals surface area contributed by atoms with Crippen molar-refractivity contribution in [3.05, 3.63) is 59.6 Å². The largest absolute Gasteiger partial charge is 0.461 e. The predicted octanol–water partition coefficient (Wildman–Crippen LogP) is 3.92. The number of hydrazine groups is 1. The molecule has 1 N–H and O–H groups in total. The van der Waals surface area contributed by atoms with Crippen LogP contribution in [-0.4, -0.2) is 33.6 Å². The number of furan rings is 1. The first-order chi connectivity index (χ1) is 12.7. The van der Waals surface area contributed by atoms with Crippen molar-refractivity contribution < 1.29 is 9.21 Å². The third kappa shape index (κ3) is 3.52. The number of amides is 1. The summed E-state index contributed by atoms with van der Waals surface area (Å²) < 4.78 is 7.33. The summed E-state index contributed by atoms with van der Waals surface area (Å²) in [6.45, 7) is 1.74. The second-order valence-electron chi connectivity index (χ2n) is 6.26. The number of rotatable bonds is 4. The lowest BCUT2D eigenvalue weighted by Gasteiger charge is -2.26. The van der Waals surface area contributed by atoms with Crippen LogP contribution in [0.25, 0.3) is 17.3 Å². The molecule has 3 heterocycles. The van der Waals surface area contributed by atoms with Crippen molar-refractivity contribution in [2.75, 3.05) is 13.1 Å². The summed E-state index contributed by atoms with van der Waals surface area (Å²) in [7, 11) is 0. The van der Waals surface area contributed by atoms with Crippen molar-refractivity contribution in [1.29, 1.82) is 0 Å². The maximum atomic E-state index is 12.7. The highest BCUT2D eigenvalue weighted by Gasteiger charge is 2.20. The molecule has 0 spiro atoms. The maximum Gasteiger partial charge on any atom is 0.285 e. The van der Waals surface area contributed by atoms with E-state index in [-0.39, 0.29) is 5.91 Å². The number of hydrogen-bond acceptors (Lipinski definition) is 4. The Morgan fingerprint density at radius 3 is 2.58 bits per heavy atom. The molecular formula is C19H19ClN4O2. The molecule has 134 valence electrons. The van der Waals surface area contributed by atoms with Crippen LogP contribution in [-0.2, 0) is 0 Å². The Morgan fingerprint density at radius 1 is 1.12 bits per heavy atom. The summed E-state index contributed by atoms with van der Waals surface area (Å²) in [5.74, 6) is 0.950. The normalized spacial score (nSPS) is 15.1. The average molecular weight is 371 g/mol.